The number of anilines is 1. The van der Waals surface area contributed by atoms with Gasteiger partial charge >= 0.3 is 0 Å². The van der Waals surface area contributed by atoms with Gasteiger partial charge in [-0.1, -0.05) is 6.07 Å². The van der Waals surface area contributed by atoms with Crippen molar-refractivity contribution < 1.29 is 9.21 Å². The van der Waals surface area contributed by atoms with Crippen LogP contribution in [0.15, 0.2) is 46.1 Å². The van der Waals surface area contributed by atoms with Gasteiger partial charge in [-0.05, 0) is 38.0 Å². The van der Waals surface area contributed by atoms with E-state index in [1.54, 1.807) is 12.5 Å². The van der Waals surface area contributed by atoms with E-state index in [2.05, 4.69) is 20.5 Å². The molecule has 0 radical (unpaired) electrons. The van der Waals surface area contributed by atoms with Crippen molar-refractivity contribution >= 4 is 41.7 Å². The number of rotatable bonds is 7. The number of hydrogen-bond donors (Lipinski definition) is 3. The largest absolute Gasteiger partial charge is 0.467 e. The van der Waals surface area contributed by atoms with Crippen LogP contribution in [0, 0.1) is 5.92 Å². The van der Waals surface area contributed by atoms with E-state index in [4.69, 9.17) is 15.1 Å². The average Bonchev–Trinajstić information content (AvgIpc) is 3.24. The number of nitrogens with one attached hydrogen (secondary N) is 2. The maximum atomic E-state index is 11.4. The minimum atomic E-state index is -0.205. The molecular weight excluding hydrogens is 483 g/mol. The first-order valence-corrected chi connectivity index (χ1v) is 9.70. The molecule has 0 saturated carbocycles. The van der Waals surface area contributed by atoms with E-state index >= 15 is 0 Å². The lowest BCUT2D eigenvalue weighted by molar-refractivity contribution is -0.122. The first-order chi connectivity index (χ1) is 13.7. The molecule has 29 heavy (non-hydrogen) atoms. The van der Waals surface area contributed by atoms with E-state index < -0.39 is 0 Å². The molecule has 3 heterocycles. The number of piperidine rings is 1. The van der Waals surface area contributed by atoms with Gasteiger partial charge in [-0.3, -0.25) is 4.79 Å². The molecule has 8 nitrogen and oxygen atoms in total. The Morgan fingerprint density at radius 2 is 2.10 bits per heavy atom. The molecular formula is C20H29IN6O2. The van der Waals surface area contributed by atoms with E-state index in [0.29, 0.717) is 13.1 Å². The van der Waals surface area contributed by atoms with Gasteiger partial charge in [0.1, 0.15) is 11.6 Å². The van der Waals surface area contributed by atoms with E-state index in [1.807, 2.05) is 31.2 Å². The van der Waals surface area contributed by atoms with Crippen LogP contribution in [0.2, 0.25) is 0 Å². The van der Waals surface area contributed by atoms with Gasteiger partial charge in [0.05, 0.1) is 19.4 Å². The summed E-state index contributed by atoms with van der Waals surface area (Å²) in [5, 5.41) is 6.51. The maximum Gasteiger partial charge on any atom is 0.220 e. The number of aromatic nitrogens is 1. The summed E-state index contributed by atoms with van der Waals surface area (Å²) < 4.78 is 5.35. The van der Waals surface area contributed by atoms with Gasteiger partial charge in [0, 0.05) is 37.3 Å². The average molecular weight is 512 g/mol. The minimum Gasteiger partial charge on any atom is -0.467 e. The molecule has 1 saturated heterocycles. The van der Waals surface area contributed by atoms with Crippen molar-refractivity contribution in [2.45, 2.75) is 32.9 Å². The van der Waals surface area contributed by atoms with Gasteiger partial charge < -0.3 is 25.7 Å². The number of primary amides is 1. The van der Waals surface area contributed by atoms with Crippen molar-refractivity contribution in [3.05, 3.63) is 48.0 Å². The lowest BCUT2D eigenvalue weighted by atomic mass is 9.96. The molecule has 158 valence electrons. The molecule has 1 aliphatic rings. The Morgan fingerprint density at radius 3 is 2.76 bits per heavy atom. The highest BCUT2D eigenvalue weighted by atomic mass is 127. The monoisotopic (exact) mass is 512 g/mol. The third kappa shape index (κ3) is 6.62. The van der Waals surface area contributed by atoms with Crippen LogP contribution in [0.25, 0.3) is 0 Å². The van der Waals surface area contributed by atoms with Crippen LogP contribution in [-0.2, 0) is 17.9 Å². The van der Waals surface area contributed by atoms with E-state index in [1.165, 1.54) is 0 Å². The van der Waals surface area contributed by atoms with Gasteiger partial charge in [-0.15, -0.1) is 24.0 Å². The molecule has 0 aromatic carbocycles. The van der Waals surface area contributed by atoms with E-state index in [9.17, 15) is 4.79 Å². The maximum absolute atomic E-state index is 11.4. The molecule has 4 N–H and O–H groups in total. The molecule has 2 aromatic rings. The highest BCUT2D eigenvalue weighted by molar-refractivity contribution is 14.0. The highest BCUT2D eigenvalue weighted by Gasteiger charge is 2.24. The summed E-state index contributed by atoms with van der Waals surface area (Å²) in [6.45, 7) is 5.43. The van der Waals surface area contributed by atoms with E-state index in [-0.39, 0.29) is 35.8 Å². The molecule has 0 aliphatic carbocycles. The van der Waals surface area contributed by atoms with Crippen molar-refractivity contribution in [1.29, 1.82) is 0 Å². The fourth-order valence-electron chi connectivity index (χ4n) is 3.30. The zero-order valence-electron chi connectivity index (χ0n) is 16.6. The molecule has 1 fully saturated rings. The lowest BCUT2D eigenvalue weighted by Gasteiger charge is -2.32. The molecule has 0 unspecified atom stereocenters. The third-order valence-electron chi connectivity index (χ3n) is 4.83. The lowest BCUT2D eigenvalue weighted by Crippen LogP contribution is -2.39. The first-order valence-electron chi connectivity index (χ1n) is 9.70. The number of hydrogen-bond acceptors (Lipinski definition) is 5. The number of furan rings is 1. The Kier molecular flexibility index (Phi) is 9.23. The van der Waals surface area contributed by atoms with Gasteiger partial charge in [0.25, 0.3) is 0 Å². The second kappa shape index (κ2) is 11.6. The predicted octanol–water partition coefficient (Wildman–Crippen LogP) is 2.25. The minimum absolute atomic E-state index is 0. The quantitative estimate of drug-likeness (QED) is 0.299. The molecule has 9 heteroatoms. The number of guanidine groups is 1. The van der Waals surface area contributed by atoms with Crippen molar-refractivity contribution in [3.63, 3.8) is 0 Å². The van der Waals surface area contributed by atoms with Gasteiger partial charge in [0.15, 0.2) is 5.96 Å². The number of aliphatic imine (C=N–C) groups is 1. The zero-order chi connectivity index (χ0) is 19.8. The van der Waals surface area contributed by atoms with Gasteiger partial charge in [-0.2, -0.15) is 0 Å². The number of amides is 1. The Morgan fingerprint density at radius 1 is 1.31 bits per heavy atom. The fourth-order valence-corrected chi connectivity index (χ4v) is 3.30. The van der Waals surface area contributed by atoms with Crippen LogP contribution >= 0.6 is 24.0 Å². The summed E-state index contributed by atoms with van der Waals surface area (Å²) >= 11 is 0. The van der Waals surface area contributed by atoms with Crippen molar-refractivity contribution in [1.82, 2.24) is 15.6 Å². The summed E-state index contributed by atoms with van der Waals surface area (Å²) in [6, 6.07) is 7.76. The zero-order valence-corrected chi connectivity index (χ0v) is 19.0. The summed E-state index contributed by atoms with van der Waals surface area (Å²) in [7, 11) is 0. The molecule has 1 amide bonds. The number of pyridine rings is 1. The normalized spacial score (nSPS) is 14.9. The predicted molar refractivity (Wildman–Crippen MR) is 124 cm³/mol. The second-order valence-electron chi connectivity index (χ2n) is 6.78. The molecule has 2 aromatic heterocycles. The smallest absolute Gasteiger partial charge is 0.220 e. The van der Waals surface area contributed by atoms with Crippen LogP contribution in [-0.4, -0.2) is 36.5 Å². The Labute approximate surface area is 188 Å². The van der Waals surface area contributed by atoms with Crippen molar-refractivity contribution in [3.8, 4) is 0 Å². The van der Waals surface area contributed by atoms with Gasteiger partial charge in [-0.25, -0.2) is 9.98 Å². The summed E-state index contributed by atoms with van der Waals surface area (Å²) in [5.74, 6) is 2.26. The fraction of sp³-hybridized carbons (Fsp3) is 0.450. The Bertz CT molecular complexity index is 788. The Hall–Kier alpha value is -2.30. The van der Waals surface area contributed by atoms with E-state index in [0.717, 1.165) is 55.6 Å². The molecule has 0 atom stereocenters. The number of nitrogens with two attached hydrogens (primary N) is 1. The standard InChI is InChI=1S/C20H28N6O2.HI/c1-2-22-20(25-14-17-6-4-12-28-17)24-13-16-5-3-9-23-19(16)26-10-7-15(8-11-26)18(21)27;/h3-6,9,12,15H,2,7-8,10-11,13-14H2,1H3,(H2,21,27)(H2,22,24,25);1H. The number of carbonyl (C=O) groups is 1. The highest BCUT2D eigenvalue weighted by Crippen LogP contribution is 2.24. The summed E-state index contributed by atoms with van der Waals surface area (Å²) in [5.41, 5.74) is 6.49. The van der Waals surface area contributed by atoms with Crippen molar-refractivity contribution in [2.24, 2.45) is 16.6 Å². The number of carbonyl (C=O) groups excluding carboxylic acids is 1. The van der Waals surface area contributed by atoms with Gasteiger partial charge in [0.2, 0.25) is 5.91 Å². The molecule has 1 aliphatic heterocycles. The number of halogens is 1. The van der Waals surface area contributed by atoms with Crippen molar-refractivity contribution in [2.75, 3.05) is 24.5 Å². The van der Waals surface area contributed by atoms with Crippen LogP contribution in [0.1, 0.15) is 31.1 Å². The summed E-state index contributed by atoms with van der Waals surface area (Å²) in [6.07, 6.45) is 4.98. The first kappa shape index (κ1) is 23.0. The molecule has 0 bridgehead atoms. The number of nitrogens with zero attached hydrogens (tertiary/aromatic N) is 3. The van der Waals surface area contributed by atoms with Crippen LogP contribution in [0.4, 0.5) is 5.82 Å². The molecule has 3 rings (SSSR count). The van der Waals surface area contributed by atoms with Crippen LogP contribution < -0.4 is 21.3 Å². The second-order valence-corrected chi connectivity index (χ2v) is 6.78. The van der Waals surface area contributed by atoms with Crippen LogP contribution in [0.3, 0.4) is 0 Å². The molecule has 0 spiro atoms. The topological polar surface area (TPSA) is 109 Å². The summed E-state index contributed by atoms with van der Waals surface area (Å²) in [4.78, 5) is 22.9. The SMILES string of the molecule is CCNC(=NCc1cccnc1N1CCC(C(N)=O)CC1)NCc1ccco1.I. The van der Waals surface area contributed by atoms with Crippen LogP contribution in [0.5, 0.6) is 0 Å². The Balaban J connectivity index is 0.00000300. The third-order valence-corrected chi connectivity index (χ3v) is 4.83.